The summed E-state index contributed by atoms with van der Waals surface area (Å²) in [6.07, 6.45) is 0. The molecule has 3 N–H and O–H groups in total. The van der Waals surface area contributed by atoms with Gasteiger partial charge in [-0.1, -0.05) is 42.5 Å². The lowest BCUT2D eigenvalue weighted by molar-refractivity contribution is -0.133. The van der Waals surface area contributed by atoms with Crippen LogP contribution in [-0.2, 0) is 4.79 Å². The van der Waals surface area contributed by atoms with Gasteiger partial charge in [0.2, 0.25) is 0 Å². The van der Waals surface area contributed by atoms with Crippen molar-refractivity contribution in [2.24, 2.45) is 0 Å². The van der Waals surface area contributed by atoms with Crippen molar-refractivity contribution in [3.8, 4) is 0 Å². The maximum Gasteiger partial charge on any atom is 0.337 e. The summed E-state index contributed by atoms with van der Waals surface area (Å²) in [6, 6.07) is 15.9. The quantitative estimate of drug-likeness (QED) is 0.679. The van der Waals surface area contributed by atoms with E-state index in [9.17, 15) is 14.7 Å². The van der Waals surface area contributed by atoms with Crippen LogP contribution in [0, 0.1) is 0 Å². The predicted molar refractivity (Wildman–Crippen MR) is 86.3 cm³/mol. The monoisotopic (exact) mass is 317 g/mol. The van der Waals surface area contributed by atoms with Gasteiger partial charge in [0, 0.05) is 5.69 Å². The molecular weight excluding hydrogens is 302 g/mol. The highest BCUT2D eigenvalue weighted by atomic mass is 32.2. The Kier molecular flexibility index (Phi) is 5.43. The van der Waals surface area contributed by atoms with Crippen molar-refractivity contribution in [2.75, 3.05) is 11.1 Å². The molecule has 0 unspecified atom stereocenters. The maximum absolute atomic E-state index is 11.3. The number of aliphatic carboxylic acids is 1. The van der Waals surface area contributed by atoms with Crippen molar-refractivity contribution < 1.29 is 19.8 Å². The van der Waals surface area contributed by atoms with E-state index < -0.39 is 11.9 Å². The summed E-state index contributed by atoms with van der Waals surface area (Å²) < 4.78 is 0. The molecule has 6 heteroatoms. The first-order valence-corrected chi connectivity index (χ1v) is 7.60. The normalized spacial score (nSPS) is 11.6. The third-order valence-electron chi connectivity index (χ3n) is 2.92. The number of anilines is 1. The molecule has 0 aliphatic heterocycles. The van der Waals surface area contributed by atoms with Crippen LogP contribution in [0.4, 0.5) is 5.69 Å². The van der Waals surface area contributed by atoms with Gasteiger partial charge in [-0.2, -0.15) is 0 Å². The number of rotatable bonds is 7. The van der Waals surface area contributed by atoms with E-state index in [1.54, 1.807) is 18.2 Å². The zero-order chi connectivity index (χ0) is 15.9. The van der Waals surface area contributed by atoms with E-state index >= 15 is 0 Å². The second kappa shape index (κ2) is 7.51. The standard InChI is InChI=1S/C16H15NO4S/c18-14(19)10-22-15(11-6-2-1-3-7-11)17-13-9-5-4-8-12(13)16(20)21/h1-9,15,17H,10H2,(H,18,19)(H,20,21)/t15-/m0/s1. The zero-order valence-electron chi connectivity index (χ0n) is 11.6. The van der Waals surface area contributed by atoms with Crippen molar-refractivity contribution in [1.82, 2.24) is 0 Å². The Bertz CT molecular complexity index is 660. The molecule has 5 nitrogen and oxygen atoms in total. The number of aromatic carboxylic acids is 1. The molecule has 0 fully saturated rings. The van der Waals surface area contributed by atoms with Gasteiger partial charge in [-0.25, -0.2) is 4.79 Å². The summed E-state index contributed by atoms with van der Waals surface area (Å²) in [4.78, 5) is 22.1. The summed E-state index contributed by atoms with van der Waals surface area (Å²) in [5.41, 5.74) is 1.50. The number of carbonyl (C=O) groups is 2. The predicted octanol–water partition coefficient (Wildman–Crippen LogP) is 3.31. The molecule has 0 saturated heterocycles. The van der Waals surface area contributed by atoms with Crippen LogP contribution in [0.3, 0.4) is 0 Å². The molecule has 22 heavy (non-hydrogen) atoms. The lowest BCUT2D eigenvalue weighted by Gasteiger charge is -2.20. The van der Waals surface area contributed by atoms with Gasteiger partial charge in [0.15, 0.2) is 0 Å². The molecule has 2 rings (SSSR count). The van der Waals surface area contributed by atoms with E-state index in [4.69, 9.17) is 5.11 Å². The molecule has 2 aromatic carbocycles. The highest BCUT2D eigenvalue weighted by Crippen LogP contribution is 2.31. The molecule has 0 spiro atoms. The molecule has 0 amide bonds. The van der Waals surface area contributed by atoms with Crippen molar-refractivity contribution in [3.05, 3.63) is 65.7 Å². The number of carboxylic acid groups (broad SMARTS) is 2. The fraction of sp³-hybridized carbons (Fsp3) is 0.125. The number of benzene rings is 2. The Morgan fingerprint density at radius 1 is 1.00 bits per heavy atom. The van der Waals surface area contributed by atoms with Crippen molar-refractivity contribution in [3.63, 3.8) is 0 Å². The zero-order valence-corrected chi connectivity index (χ0v) is 12.4. The van der Waals surface area contributed by atoms with Crippen molar-refractivity contribution >= 4 is 29.4 Å². The first-order valence-electron chi connectivity index (χ1n) is 6.55. The third-order valence-corrected chi connectivity index (χ3v) is 4.06. The summed E-state index contributed by atoms with van der Waals surface area (Å²) >= 11 is 1.19. The number of thioether (sulfide) groups is 1. The number of carboxylic acids is 2. The van der Waals surface area contributed by atoms with E-state index in [2.05, 4.69) is 5.32 Å². The van der Waals surface area contributed by atoms with Crippen LogP contribution in [0.25, 0.3) is 0 Å². The average molecular weight is 317 g/mol. The Labute approximate surface area is 132 Å². The first kappa shape index (κ1) is 15.9. The minimum atomic E-state index is -1.03. The molecule has 0 radical (unpaired) electrons. The molecule has 1 atom stereocenters. The molecule has 0 aliphatic rings. The highest BCUT2D eigenvalue weighted by molar-refractivity contribution is 8.00. The van der Waals surface area contributed by atoms with Crippen LogP contribution >= 0.6 is 11.8 Å². The number of nitrogens with one attached hydrogen (secondary N) is 1. The van der Waals surface area contributed by atoms with E-state index in [0.29, 0.717) is 5.69 Å². The lowest BCUT2D eigenvalue weighted by atomic mass is 10.1. The molecule has 0 saturated carbocycles. The summed E-state index contributed by atoms with van der Waals surface area (Å²) in [6.45, 7) is 0. The van der Waals surface area contributed by atoms with Crippen LogP contribution in [-0.4, -0.2) is 27.9 Å². The third kappa shape index (κ3) is 4.26. The maximum atomic E-state index is 11.3. The molecule has 0 bridgehead atoms. The van der Waals surface area contributed by atoms with Crippen LogP contribution in [0.5, 0.6) is 0 Å². The fourth-order valence-corrected chi connectivity index (χ4v) is 2.81. The Morgan fingerprint density at radius 3 is 2.27 bits per heavy atom. The van der Waals surface area contributed by atoms with Crippen LogP contribution in [0.2, 0.25) is 0 Å². The largest absolute Gasteiger partial charge is 0.481 e. The molecular formula is C16H15NO4S. The number of hydrogen-bond donors (Lipinski definition) is 3. The highest BCUT2D eigenvalue weighted by Gasteiger charge is 2.17. The minimum Gasteiger partial charge on any atom is -0.481 e. The first-order chi connectivity index (χ1) is 10.6. The van der Waals surface area contributed by atoms with E-state index in [1.165, 1.54) is 17.8 Å². The number of para-hydroxylation sites is 1. The second-order valence-electron chi connectivity index (χ2n) is 4.49. The Balaban J connectivity index is 2.27. The molecule has 114 valence electrons. The van der Waals surface area contributed by atoms with Crippen molar-refractivity contribution in [2.45, 2.75) is 5.37 Å². The molecule has 0 aromatic heterocycles. The van der Waals surface area contributed by atoms with Gasteiger partial charge in [-0.3, -0.25) is 4.79 Å². The molecule has 0 aliphatic carbocycles. The van der Waals surface area contributed by atoms with Gasteiger partial charge in [-0.15, -0.1) is 11.8 Å². The van der Waals surface area contributed by atoms with Crippen LogP contribution in [0.15, 0.2) is 54.6 Å². The van der Waals surface area contributed by atoms with Gasteiger partial charge < -0.3 is 15.5 Å². The Morgan fingerprint density at radius 2 is 1.64 bits per heavy atom. The molecule has 0 heterocycles. The van der Waals surface area contributed by atoms with Gasteiger partial charge in [-0.05, 0) is 17.7 Å². The minimum absolute atomic E-state index is 0.0815. The van der Waals surface area contributed by atoms with Crippen LogP contribution in [0.1, 0.15) is 21.3 Å². The molecule has 2 aromatic rings. The van der Waals surface area contributed by atoms with Gasteiger partial charge in [0.1, 0.15) is 0 Å². The van der Waals surface area contributed by atoms with Crippen LogP contribution < -0.4 is 5.32 Å². The summed E-state index contributed by atoms with van der Waals surface area (Å²) in [5.74, 6) is -2.03. The van der Waals surface area contributed by atoms with E-state index in [0.717, 1.165) is 5.56 Å². The number of hydrogen-bond acceptors (Lipinski definition) is 4. The fourth-order valence-electron chi connectivity index (χ4n) is 1.94. The van der Waals surface area contributed by atoms with Crippen molar-refractivity contribution in [1.29, 1.82) is 0 Å². The average Bonchev–Trinajstić information content (AvgIpc) is 2.52. The summed E-state index contributed by atoms with van der Waals surface area (Å²) in [7, 11) is 0. The van der Waals surface area contributed by atoms with Gasteiger partial charge >= 0.3 is 11.9 Å². The lowest BCUT2D eigenvalue weighted by Crippen LogP contribution is -2.13. The van der Waals surface area contributed by atoms with E-state index in [-0.39, 0.29) is 16.7 Å². The second-order valence-corrected chi connectivity index (χ2v) is 5.58. The van der Waals surface area contributed by atoms with E-state index in [1.807, 2.05) is 30.3 Å². The smallest absolute Gasteiger partial charge is 0.337 e. The van der Waals surface area contributed by atoms with Gasteiger partial charge in [0.05, 0.1) is 16.7 Å². The summed E-state index contributed by atoms with van der Waals surface area (Å²) in [5, 5.41) is 20.9. The SMILES string of the molecule is O=C(O)CS[C@H](Nc1ccccc1C(=O)O)c1ccccc1. The topological polar surface area (TPSA) is 86.6 Å². The van der Waals surface area contributed by atoms with Gasteiger partial charge in [0.25, 0.3) is 0 Å². The Hall–Kier alpha value is -2.47.